The highest BCUT2D eigenvalue weighted by molar-refractivity contribution is 5.91. The second-order valence-electron chi connectivity index (χ2n) is 6.36. The van der Waals surface area contributed by atoms with Gasteiger partial charge in [-0.2, -0.15) is 0 Å². The van der Waals surface area contributed by atoms with Gasteiger partial charge in [-0.05, 0) is 47.9 Å². The number of aromatic nitrogens is 1. The highest BCUT2D eigenvalue weighted by atomic mass is 19.1. The van der Waals surface area contributed by atoms with Crippen molar-refractivity contribution in [3.63, 3.8) is 0 Å². The highest BCUT2D eigenvalue weighted by Gasteiger charge is 2.21. The van der Waals surface area contributed by atoms with Crippen molar-refractivity contribution in [2.45, 2.75) is 18.9 Å². The van der Waals surface area contributed by atoms with Gasteiger partial charge in [0.2, 0.25) is 5.91 Å². The topological polar surface area (TPSA) is 91.4 Å². The molecule has 0 bridgehead atoms. The van der Waals surface area contributed by atoms with E-state index in [0.717, 1.165) is 27.7 Å². The van der Waals surface area contributed by atoms with Crippen LogP contribution in [0, 0.1) is 5.82 Å². The van der Waals surface area contributed by atoms with Crippen LogP contribution in [0.2, 0.25) is 0 Å². The van der Waals surface area contributed by atoms with Crippen LogP contribution in [0.5, 0.6) is 0 Å². The SMILES string of the molecule is COC(=O)[C@H](CO)NC(=O)CCc1c(-c2ccc(F)cc2)[nH]c2ccccc12. The van der Waals surface area contributed by atoms with Gasteiger partial charge in [-0.1, -0.05) is 18.2 Å². The molecule has 0 aliphatic rings. The normalized spacial score (nSPS) is 12.0. The summed E-state index contributed by atoms with van der Waals surface area (Å²) in [4.78, 5) is 27.1. The Hall–Kier alpha value is -3.19. The predicted octanol–water partition coefficient (Wildman–Crippen LogP) is 2.56. The summed E-state index contributed by atoms with van der Waals surface area (Å²) in [7, 11) is 1.19. The fourth-order valence-electron chi connectivity index (χ4n) is 3.15. The zero-order chi connectivity index (χ0) is 20.1. The molecule has 0 fully saturated rings. The summed E-state index contributed by atoms with van der Waals surface area (Å²) in [6.07, 6.45) is 0.519. The largest absolute Gasteiger partial charge is 0.467 e. The quantitative estimate of drug-likeness (QED) is 0.546. The van der Waals surface area contributed by atoms with Gasteiger partial charge in [0, 0.05) is 23.0 Å². The first-order chi connectivity index (χ1) is 13.5. The summed E-state index contributed by atoms with van der Waals surface area (Å²) < 4.78 is 17.8. The van der Waals surface area contributed by atoms with Gasteiger partial charge >= 0.3 is 5.97 Å². The molecule has 1 aromatic heterocycles. The van der Waals surface area contributed by atoms with E-state index >= 15 is 0 Å². The zero-order valence-corrected chi connectivity index (χ0v) is 15.4. The number of hydrogen-bond acceptors (Lipinski definition) is 4. The van der Waals surface area contributed by atoms with Crippen LogP contribution in [-0.2, 0) is 20.7 Å². The van der Waals surface area contributed by atoms with Gasteiger partial charge in [-0.3, -0.25) is 4.79 Å². The Labute approximate surface area is 161 Å². The summed E-state index contributed by atoms with van der Waals surface area (Å²) >= 11 is 0. The molecule has 0 saturated heterocycles. The molecule has 3 aromatic rings. The molecule has 0 saturated carbocycles. The van der Waals surface area contributed by atoms with Crippen molar-refractivity contribution in [3.05, 3.63) is 59.9 Å². The Morgan fingerprint density at radius 2 is 1.89 bits per heavy atom. The van der Waals surface area contributed by atoms with Crippen LogP contribution in [0.3, 0.4) is 0 Å². The van der Waals surface area contributed by atoms with E-state index in [4.69, 9.17) is 0 Å². The Morgan fingerprint density at radius 3 is 2.57 bits per heavy atom. The molecule has 0 spiro atoms. The number of para-hydroxylation sites is 1. The lowest BCUT2D eigenvalue weighted by Gasteiger charge is -2.14. The van der Waals surface area contributed by atoms with Gasteiger partial charge in [0.25, 0.3) is 0 Å². The first-order valence-corrected chi connectivity index (χ1v) is 8.87. The summed E-state index contributed by atoms with van der Waals surface area (Å²) in [5.41, 5.74) is 3.48. The third-order valence-electron chi connectivity index (χ3n) is 4.55. The molecular formula is C21H21FN2O4. The molecular weight excluding hydrogens is 363 g/mol. The summed E-state index contributed by atoms with van der Waals surface area (Å²) in [5.74, 6) is -1.40. The second-order valence-corrected chi connectivity index (χ2v) is 6.36. The van der Waals surface area contributed by atoms with Gasteiger partial charge in [-0.15, -0.1) is 0 Å². The third kappa shape index (κ3) is 4.20. The first-order valence-electron chi connectivity index (χ1n) is 8.87. The van der Waals surface area contributed by atoms with E-state index in [1.54, 1.807) is 12.1 Å². The average Bonchev–Trinajstić information content (AvgIpc) is 3.09. The number of benzene rings is 2. The maximum atomic E-state index is 13.3. The molecule has 3 N–H and O–H groups in total. The van der Waals surface area contributed by atoms with Gasteiger partial charge in [-0.25, -0.2) is 9.18 Å². The van der Waals surface area contributed by atoms with Crippen LogP contribution in [0.4, 0.5) is 4.39 Å². The Morgan fingerprint density at radius 1 is 1.18 bits per heavy atom. The molecule has 0 radical (unpaired) electrons. The molecule has 1 amide bonds. The van der Waals surface area contributed by atoms with Crippen molar-refractivity contribution in [3.8, 4) is 11.3 Å². The van der Waals surface area contributed by atoms with Crippen LogP contribution in [0.25, 0.3) is 22.2 Å². The maximum absolute atomic E-state index is 13.3. The van der Waals surface area contributed by atoms with Gasteiger partial charge in [0.1, 0.15) is 5.82 Å². The van der Waals surface area contributed by atoms with E-state index in [-0.39, 0.29) is 18.1 Å². The number of esters is 1. The molecule has 1 atom stereocenters. The zero-order valence-electron chi connectivity index (χ0n) is 15.4. The van der Waals surface area contributed by atoms with Crippen molar-refractivity contribution < 1.29 is 23.8 Å². The average molecular weight is 384 g/mol. The van der Waals surface area contributed by atoms with Crippen molar-refractivity contribution in [2.75, 3.05) is 13.7 Å². The number of methoxy groups -OCH3 is 1. The van der Waals surface area contributed by atoms with Crippen molar-refractivity contribution in [1.29, 1.82) is 0 Å². The number of halogens is 1. The lowest BCUT2D eigenvalue weighted by atomic mass is 10.0. The molecule has 7 heteroatoms. The number of H-pyrrole nitrogens is 1. The van der Waals surface area contributed by atoms with E-state index < -0.39 is 18.6 Å². The second kappa shape index (κ2) is 8.67. The number of carbonyl (C=O) groups excluding carboxylic acids is 2. The number of rotatable bonds is 7. The van der Waals surface area contributed by atoms with Crippen LogP contribution in [0.1, 0.15) is 12.0 Å². The molecule has 6 nitrogen and oxygen atoms in total. The van der Waals surface area contributed by atoms with E-state index in [1.807, 2.05) is 24.3 Å². The number of amides is 1. The molecule has 0 aliphatic heterocycles. The van der Waals surface area contributed by atoms with E-state index in [0.29, 0.717) is 6.42 Å². The minimum absolute atomic E-state index is 0.115. The minimum atomic E-state index is -1.09. The van der Waals surface area contributed by atoms with E-state index in [2.05, 4.69) is 15.0 Å². The van der Waals surface area contributed by atoms with Crippen LogP contribution in [0.15, 0.2) is 48.5 Å². The summed E-state index contributed by atoms with van der Waals surface area (Å²) in [6.45, 7) is -0.535. The Balaban J connectivity index is 1.84. The number of aryl methyl sites for hydroxylation is 1. The highest BCUT2D eigenvalue weighted by Crippen LogP contribution is 2.31. The van der Waals surface area contributed by atoms with E-state index in [1.165, 1.54) is 19.2 Å². The molecule has 146 valence electrons. The predicted molar refractivity (Wildman–Crippen MR) is 103 cm³/mol. The van der Waals surface area contributed by atoms with Crippen molar-refractivity contribution in [2.24, 2.45) is 0 Å². The molecule has 0 unspecified atom stereocenters. The lowest BCUT2D eigenvalue weighted by molar-refractivity contribution is -0.146. The van der Waals surface area contributed by atoms with Crippen LogP contribution < -0.4 is 5.32 Å². The molecule has 3 rings (SSSR count). The fraction of sp³-hybridized carbons (Fsp3) is 0.238. The van der Waals surface area contributed by atoms with Gasteiger partial charge < -0.3 is 20.1 Å². The number of aromatic amines is 1. The molecule has 0 aliphatic carbocycles. The number of fused-ring (bicyclic) bond motifs is 1. The molecule has 1 heterocycles. The number of ether oxygens (including phenoxy) is 1. The number of aliphatic hydroxyl groups is 1. The lowest BCUT2D eigenvalue weighted by Crippen LogP contribution is -2.44. The standard InChI is InChI=1S/C21H21FN2O4/c1-28-21(27)18(12-25)23-19(26)11-10-16-15-4-2-3-5-17(15)24-20(16)13-6-8-14(22)9-7-13/h2-9,18,24-25H,10-12H2,1H3,(H,23,26)/t18-/m0/s1. The first kappa shape index (κ1) is 19.6. The van der Waals surface area contributed by atoms with Crippen molar-refractivity contribution >= 4 is 22.8 Å². The molecule has 28 heavy (non-hydrogen) atoms. The number of nitrogens with one attached hydrogen (secondary N) is 2. The van der Waals surface area contributed by atoms with Gasteiger partial charge in [0.15, 0.2) is 6.04 Å². The van der Waals surface area contributed by atoms with Crippen molar-refractivity contribution in [1.82, 2.24) is 10.3 Å². The van der Waals surface area contributed by atoms with Crippen LogP contribution in [-0.4, -0.2) is 41.7 Å². The maximum Gasteiger partial charge on any atom is 0.330 e. The Kier molecular flexibility index (Phi) is 6.06. The molecule has 2 aromatic carbocycles. The fourth-order valence-corrected chi connectivity index (χ4v) is 3.15. The summed E-state index contributed by atoms with van der Waals surface area (Å²) in [6, 6.07) is 12.8. The number of hydrogen-bond donors (Lipinski definition) is 3. The summed E-state index contributed by atoms with van der Waals surface area (Å²) in [5, 5.41) is 12.7. The van der Waals surface area contributed by atoms with Crippen LogP contribution >= 0.6 is 0 Å². The monoisotopic (exact) mass is 384 g/mol. The smallest absolute Gasteiger partial charge is 0.330 e. The number of aliphatic hydroxyl groups excluding tert-OH is 1. The minimum Gasteiger partial charge on any atom is -0.467 e. The van der Waals surface area contributed by atoms with E-state index in [9.17, 15) is 19.1 Å². The Bertz CT molecular complexity index is 982. The number of carbonyl (C=O) groups is 2. The third-order valence-corrected chi connectivity index (χ3v) is 4.55. The van der Waals surface area contributed by atoms with Gasteiger partial charge in [0.05, 0.1) is 13.7 Å².